The number of hydrogen-bond donors (Lipinski definition) is 2. The Labute approximate surface area is 169 Å². The summed E-state index contributed by atoms with van der Waals surface area (Å²) in [6, 6.07) is 25.9. The number of nitrogens with zero attached hydrogens (tertiary/aromatic N) is 1. The van der Waals surface area contributed by atoms with Gasteiger partial charge < -0.3 is 15.0 Å². The number of imidazole rings is 1. The van der Waals surface area contributed by atoms with E-state index in [-0.39, 0.29) is 12.5 Å². The van der Waals surface area contributed by atoms with E-state index < -0.39 is 0 Å². The maximum absolute atomic E-state index is 12.2. The molecule has 1 amide bonds. The van der Waals surface area contributed by atoms with E-state index >= 15 is 0 Å². The van der Waals surface area contributed by atoms with Crippen LogP contribution >= 0.6 is 0 Å². The minimum atomic E-state index is -0.143. The predicted molar refractivity (Wildman–Crippen MR) is 114 cm³/mol. The van der Waals surface area contributed by atoms with Gasteiger partial charge in [-0.25, -0.2) is 4.98 Å². The highest BCUT2D eigenvalue weighted by Crippen LogP contribution is 2.21. The van der Waals surface area contributed by atoms with Crippen LogP contribution in [0.1, 0.15) is 17.0 Å². The smallest absolute Gasteiger partial charge is 0.257 e. The lowest BCUT2D eigenvalue weighted by Crippen LogP contribution is -2.30. The minimum Gasteiger partial charge on any atom is -0.483 e. The van der Waals surface area contributed by atoms with Crippen LogP contribution in [0.4, 0.5) is 0 Å². The molecular formula is C24H23N3O2. The maximum Gasteiger partial charge on any atom is 0.257 e. The lowest BCUT2D eigenvalue weighted by atomic mass is 10.0. The maximum atomic E-state index is 12.2. The monoisotopic (exact) mass is 385 g/mol. The molecule has 0 bridgehead atoms. The molecule has 3 aromatic carbocycles. The molecule has 4 aromatic rings. The highest BCUT2D eigenvalue weighted by Gasteiger charge is 2.08. The molecule has 0 aliphatic carbocycles. The Hall–Kier alpha value is -3.60. The molecule has 0 saturated heterocycles. The second-order valence-electron chi connectivity index (χ2n) is 6.86. The topological polar surface area (TPSA) is 67.0 Å². The average Bonchev–Trinajstić information content (AvgIpc) is 3.17. The molecule has 146 valence electrons. The first-order chi connectivity index (χ1) is 14.3. The van der Waals surface area contributed by atoms with Crippen molar-refractivity contribution in [2.24, 2.45) is 0 Å². The van der Waals surface area contributed by atoms with Crippen LogP contribution < -0.4 is 10.1 Å². The Bertz CT molecular complexity index is 1060. The van der Waals surface area contributed by atoms with E-state index in [1.54, 1.807) is 0 Å². The molecule has 0 aliphatic rings. The quantitative estimate of drug-likeness (QED) is 0.484. The number of amides is 1. The number of H-pyrrole nitrogens is 1. The van der Waals surface area contributed by atoms with E-state index in [9.17, 15) is 4.79 Å². The molecule has 2 N–H and O–H groups in total. The molecule has 4 rings (SSSR count). The van der Waals surface area contributed by atoms with Crippen molar-refractivity contribution in [3.8, 4) is 5.75 Å². The number of para-hydroxylation sites is 3. The number of aromatic nitrogens is 2. The molecule has 1 heterocycles. The fourth-order valence-corrected chi connectivity index (χ4v) is 3.25. The van der Waals surface area contributed by atoms with Crippen LogP contribution in [0.5, 0.6) is 5.75 Å². The first kappa shape index (κ1) is 18.7. The normalized spacial score (nSPS) is 10.8. The van der Waals surface area contributed by atoms with Crippen LogP contribution in [0.2, 0.25) is 0 Å². The highest BCUT2D eigenvalue weighted by molar-refractivity contribution is 5.77. The molecule has 0 atom stereocenters. The standard InChI is InChI=1S/C24H23N3O2/c28-24(25-15-14-23-26-20-11-5-6-12-21(20)27-23)17-29-22-13-7-4-10-19(22)16-18-8-2-1-3-9-18/h1-13H,14-17H2,(H,25,28)(H,26,27). The summed E-state index contributed by atoms with van der Waals surface area (Å²) >= 11 is 0. The van der Waals surface area contributed by atoms with Crippen molar-refractivity contribution < 1.29 is 9.53 Å². The molecule has 0 saturated carbocycles. The van der Waals surface area contributed by atoms with Gasteiger partial charge in [0.25, 0.3) is 5.91 Å². The zero-order chi connectivity index (χ0) is 19.9. The Balaban J connectivity index is 1.27. The van der Waals surface area contributed by atoms with Crippen LogP contribution in [0, 0.1) is 0 Å². The summed E-state index contributed by atoms with van der Waals surface area (Å²) in [6.45, 7) is 0.500. The number of nitrogens with one attached hydrogen (secondary N) is 2. The van der Waals surface area contributed by atoms with Crippen LogP contribution in [-0.2, 0) is 17.6 Å². The van der Waals surface area contributed by atoms with E-state index in [2.05, 4.69) is 27.4 Å². The number of fused-ring (bicyclic) bond motifs is 1. The molecule has 0 fully saturated rings. The van der Waals surface area contributed by atoms with E-state index in [1.165, 1.54) is 5.56 Å². The van der Waals surface area contributed by atoms with Crippen LogP contribution in [0.3, 0.4) is 0 Å². The Morgan fingerprint density at radius 1 is 0.931 bits per heavy atom. The van der Waals surface area contributed by atoms with Gasteiger partial charge in [0.05, 0.1) is 11.0 Å². The third kappa shape index (κ3) is 5.02. The Morgan fingerprint density at radius 3 is 2.55 bits per heavy atom. The summed E-state index contributed by atoms with van der Waals surface area (Å²) < 4.78 is 5.79. The number of carbonyl (C=O) groups excluding carboxylic acids is 1. The van der Waals surface area contributed by atoms with Crippen LogP contribution in [0.15, 0.2) is 78.9 Å². The molecule has 0 spiro atoms. The number of aromatic amines is 1. The third-order valence-corrected chi connectivity index (χ3v) is 4.69. The van der Waals surface area contributed by atoms with E-state index in [1.807, 2.05) is 66.7 Å². The van der Waals surface area contributed by atoms with Gasteiger partial charge in [0.2, 0.25) is 0 Å². The molecule has 1 aromatic heterocycles. The Kier molecular flexibility index (Phi) is 5.86. The van der Waals surface area contributed by atoms with Gasteiger partial charge in [-0.05, 0) is 29.3 Å². The lowest BCUT2D eigenvalue weighted by Gasteiger charge is -2.11. The van der Waals surface area contributed by atoms with Gasteiger partial charge in [-0.3, -0.25) is 4.79 Å². The fourth-order valence-electron chi connectivity index (χ4n) is 3.25. The number of ether oxygens (including phenoxy) is 1. The zero-order valence-electron chi connectivity index (χ0n) is 16.1. The lowest BCUT2D eigenvalue weighted by molar-refractivity contribution is -0.123. The molecular weight excluding hydrogens is 362 g/mol. The SMILES string of the molecule is O=C(COc1ccccc1Cc1ccccc1)NCCc1nc2ccccc2[nH]1. The third-order valence-electron chi connectivity index (χ3n) is 4.69. The second-order valence-corrected chi connectivity index (χ2v) is 6.86. The van der Waals surface area contributed by atoms with Gasteiger partial charge >= 0.3 is 0 Å². The summed E-state index contributed by atoms with van der Waals surface area (Å²) in [5.41, 5.74) is 4.21. The summed E-state index contributed by atoms with van der Waals surface area (Å²) in [5, 5.41) is 2.89. The summed E-state index contributed by atoms with van der Waals surface area (Å²) in [6.07, 6.45) is 1.41. The van der Waals surface area contributed by atoms with E-state index in [0.717, 1.165) is 34.6 Å². The number of hydrogen-bond acceptors (Lipinski definition) is 3. The van der Waals surface area contributed by atoms with Gasteiger partial charge in [-0.15, -0.1) is 0 Å². The molecule has 0 aliphatic heterocycles. The fraction of sp³-hybridized carbons (Fsp3) is 0.167. The molecule has 29 heavy (non-hydrogen) atoms. The van der Waals surface area contributed by atoms with Gasteiger partial charge in [-0.2, -0.15) is 0 Å². The van der Waals surface area contributed by atoms with Crippen molar-refractivity contribution in [1.29, 1.82) is 0 Å². The largest absolute Gasteiger partial charge is 0.483 e. The van der Waals surface area contributed by atoms with E-state index in [4.69, 9.17) is 4.74 Å². The second kappa shape index (κ2) is 9.06. The minimum absolute atomic E-state index is 0.00800. The summed E-state index contributed by atoms with van der Waals surface area (Å²) in [7, 11) is 0. The molecule has 0 unspecified atom stereocenters. The number of rotatable bonds is 8. The van der Waals surface area contributed by atoms with Gasteiger partial charge in [0, 0.05) is 19.4 Å². The van der Waals surface area contributed by atoms with E-state index in [0.29, 0.717) is 13.0 Å². The van der Waals surface area contributed by atoms with Crippen molar-refractivity contribution in [1.82, 2.24) is 15.3 Å². The summed E-state index contributed by atoms with van der Waals surface area (Å²) in [5.74, 6) is 1.46. The molecule has 5 nitrogen and oxygen atoms in total. The van der Waals surface area contributed by atoms with Gasteiger partial charge in [-0.1, -0.05) is 60.7 Å². The van der Waals surface area contributed by atoms with Crippen molar-refractivity contribution in [3.63, 3.8) is 0 Å². The summed E-state index contributed by atoms with van der Waals surface area (Å²) in [4.78, 5) is 20.0. The van der Waals surface area contributed by atoms with Crippen molar-refractivity contribution in [2.45, 2.75) is 12.8 Å². The van der Waals surface area contributed by atoms with Gasteiger partial charge in [0.1, 0.15) is 11.6 Å². The van der Waals surface area contributed by atoms with Crippen LogP contribution in [0.25, 0.3) is 11.0 Å². The predicted octanol–water partition coefficient (Wildman–Crippen LogP) is 3.89. The first-order valence-corrected chi connectivity index (χ1v) is 9.73. The van der Waals surface area contributed by atoms with Crippen molar-refractivity contribution in [2.75, 3.05) is 13.2 Å². The number of carbonyl (C=O) groups is 1. The molecule has 5 heteroatoms. The molecule has 0 radical (unpaired) electrons. The van der Waals surface area contributed by atoms with Crippen molar-refractivity contribution >= 4 is 16.9 Å². The average molecular weight is 385 g/mol. The van der Waals surface area contributed by atoms with Crippen molar-refractivity contribution in [3.05, 3.63) is 95.8 Å². The first-order valence-electron chi connectivity index (χ1n) is 9.73. The highest BCUT2D eigenvalue weighted by atomic mass is 16.5. The zero-order valence-corrected chi connectivity index (χ0v) is 16.1. The van der Waals surface area contributed by atoms with Crippen LogP contribution in [-0.4, -0.2) is 29.0 Å². The number of benzene rings is 3. The Morgan fingerprint density at radius 2 is 1.69 bits per heavy atom. The van der Waals surface area contributed by atoms with Gasteiger partial charge in [0.15, 0.2) is 6.61 Å².